The van der Waals surface area contributed by atoms with E-state index in [9.17, 15) is 23.3 Å². The summed E-state index contributed by atoms with van der Waals surface area (Å²) in [6.07, 6.45) is 0. The van der Waals surface area contributed by atoms with Gasteiger partial charge in [-0.1, -0.05) is 42.5 Å². The highest BCUT2D eigenvalue weighted by Crippen LogP contribution is 2.31. The van der Waals surface area contributed by atoms with E-state index in [1.807, 2.05) is 0 Å². The van der Waals surface area contributed by atoms with Crippen LogP contribution in [-0.2, 0) is 19.6 Å². The quantitative estimate of drug-likeness (QED) is 0.336. The molecule has 0 fully saturated rings. The van der Waals surface area contributed by atoms with Crippen LogP contribution in [0.5, 0.6) is 0 Å². The van der Waals surface area contributed by atoms with Crippen LogP contribution >= 0.6 is 0 Å². The molecular formula is C18H18N2O6S. The van der Waals surface area contributed by atoms with Gasteiger partial charge in [-0.2, -0.15) is 4.72 Å². The van der Waals surface area contributed by atoms with Crippen molar-refractivity contribution in [3.63, 3.8) is 0 Å². The maximum atomic E-state index is 12.7. The lowest BCUT2D eigenvalue weighted by Gasteiger charge is -2.20. The van der Waals surface area contributed by atoms with E-state index in [4.69, 9.17) is 0 Å². The van der Waals surface area contributed by atoms with E-state index in [0.29, 0.717) is 0 Å². The highest BCUT2D eigenvalue weighted by atomic mass is 32.2. The van der Waals surface area contributed by atoms with Crippen LogP contribution in [0.25, 0.3) is 0 Å². The van der Waals surface area contributed by atoms with Gasteiger partial charge in [-0.05, 0) is 19.1 Å². The maximum absolute atomic E-state index is 12.7. The number of nitro benzene ring substituents is 1. The molecule has 0 aliphatic carbocycles. The molecule has 1 unspecified atom stereocenters. The SMILES string of the molecule is C=C(C(=O)OC)C(NS(=O)(=O)c1ccc(C)cc1)c1ccccc1[N+](=O)[O-]. The molecule has 0 spiro atoms. The predicted molar refractivity (Wildman–Crippen MR) is 98.5 cm³/mol. The molecule has 0 heterocycles. The summed E-state index contributed by atoms with van der Waals surface area (Å²) in [4.78, 5) is 22.6. The monoisotopic (exact) mass is 390 g/mol. The Morgan fingerprint density at radius 1 is 1.19 bits per heavy atom. The van der Waals surface area contributed by atoms with Gasteiger partial charge in [0.2, 0.25) is 10.0 Å². The van der Waals surface area contributed by atoms with E-state index >= 15 is 0 Å². The Morgan fingerprint density at radius 2 is 1.78 bits per heavy atom. The van der Waals surface area contributed by atoms with Crippen molar-refractivity contribution in [1.29, 1.82) is 0 Å². The number of sulfonamides is 1. The highest BCUT2D eigenvalue weighted by Gasteiger charge is 2.32. The summed E-state index contributed by atoms with van der Waals surface area (Å²) in [7, 11) is -2.99. The van der Waals surface area contributed by atoms with Crippen molar-refractivity contribution in [2.75, 3.05) is 7.11 Å². The highest BCUT2D eigenvalue weighted by molar-refractivity contribution is 7.89. The summed E-state index contributed by atoms with van der Waals surface area (Å²) in [5, 5.41) is 11.3. The minimum absolute atomic E-state index is 0.0198. The number of esters is 1. The lowest BCUT2D eigenvalue weighted by molar-refractivity contribution is -0.385. The Balaban J connectivity index is 2.55. The van der Waals surface area contributed by atoms with Crippen molar-refractivity contribution in [2.24, 2.45) is 0 Å². The number of carbonyl (C=O) groups excluding carboxylic acids is 1. The number of aryl methyl sites for hydroxylation is 1. The fourth-order valence-electron chi connectivity index (χ4n) is 2.41. The first-order valence-corrected chi connectivity index (χ1v) is 9.25. The van der Waals surface area contributed by atoms with Crippen LogP contribution in [0.15, 0.2) is 65.6 Å². The summed E-state index contributed by atoms with van der Waals surface area (Å²) >= 11 is 0. The van der Waals surface area contributed by atoms with E-state index in [2.05, 4.69) is 16.0 Å². The molecule has 2 rings (SSSR count). The van der Waals surface area contributed by atoms with Crippen molar-refractivity contribution in [3.05, 3.63) is 81.9 Å². The lowest BCUT2D eigenvalue weighted by Crippen LogP contribution is -2.32. The van der Waals surface area contributed by atoms with Crippen molar-refractivity contribution >= 4 is 21.7 Å². The Bertz CT molecular complexity index is 983. The fourth-order valence-corrected chi connectivity index (χ4v) is 3.62. The second-order valence-electron chi connectivity index (χ2n) is 5.70. The molecule has 0 saturated heterocycles. The third-order valence-corrected chi connectivity index (χ3v) is 5.28. The molecule has 27 heavy (non-hydrogen) atoms. The predicted octanol–water partition coefficient (Wildman–Crippen LogP) is 2.65. The Labute approximate surface area is 156 Å². The number of hydrogen-bond donors (Lipinski definition) is 1. The van der Waals surface area contributed by atoms with E-state index in [1.165, 1.54) is 36.4 Å². The van der Waals surface area contributed by atoms with Gasteiger partial charge in [0, 0.05) is 6.07 Å². The molecule has 0 bridgehead atoms. The number of nitrogens with one attached hydrogen (secondary N) is 1. The molecule has 0 radical (unpaired) electrons. The van der Waals surface area contributed by atoms with Gasteiger partial charge in [0.15, 0.2) is 0 Å². The van der Waals surface area contributed by atoms with Crippen LogP contribution in [0.4, 0.5) is 5.69 Å². The van der Waals surface area contributed by atoms with Gasteiger partial charge < -0.3 is 4.74 Å². The summed E-state index contributed by atoms with van der Waals surface area (Å²) < 4.78 is 32.4. The molecule has 0 amide bonds. The Morgan fingerprint density at radius 3 is 2.33 bits per heavy atom. The smallest absolute Gasteiger partial charge is 0.335 e. The average Bonchev–Trinajstić information content (AvgIpc) is 2.65. The molecule has 0 saturated carbocycles. The zero-order valence-electron chi connectivity index (χ0n) is 14.7. The molecule has 0 aliphatic rings. The number of carbonyl (C=O) groups is 1. The van der Waals surface area contributed by atoms with Gasteiger partial charge in [-0.15, -0.1) is 0 Å². The number of ether oxygens (including phenoxy) is 1. The minimum Gasteiger partial charge on any atom is -0.466 e. The van der Waals surface area contributed by atoms with Crippen LogP contribution in [0.3, 0.4) is 0 Å². The minimum atomic E-state index is -4.09. The summed E-state index contributed by atoms with van der Waals surface area (Å²) in [5.74, 6) is -0.884. The summed E-state index contributed by atoms with van der Waals surface area (Å²) in [5.41, 5.74) is 0.221. The number of para-hydroxylation sites is 1. The number of benzene rings is 2. The van der Waals surface area contributed by atoms with Crippen molar-refractivity contribution < 1.29 is 22.9 Å². The molecule has 1 N–H and O–H groups in total. The first kappa shape index (κ1) is 20.3. The normalized spacial score (nSPS) is 12.2. The van der Waals surface area contributed by atoms with E-state index in [0.717, 1.165) is 12.7 Å². The van der Waals surface area contributed by atoms with Gasteiger partial charge in [0.25, 0.3) is 5.69 Å². The van der Waals surface area contributed by atoms with Crippen LogP contribution < -0.4 is 4.72 Å². The third-order valence-electron chi connectivity index (χ3n) is 3.84. The zero-order chi connectivity index (χ0) is 20.2. The summed E-state index contributed by atoms with van der Waals surface area (Å²) in [6.45, 7) is 5.38. The number of rotatable bonds is 7. The van der Waals surface area contributed by atoms with E-state index in [1.54, 1.807) is 19.1 Å². The second kappa shape index (κ2) is 8.11. The molecule has 8 nitrogen and oxygen atoms in total. The van der Waals surface area contributed by atoms with E-state index < -0.39 is 27.0 Å². The third kappa shape index (κ3) is 4.57. The Hall–Kier alpha value is -3.04. The van der Waals surface area contributed by atoms with Crippen molar-refractivity contribution in [3.8, 4) is 0 Å². The zero-order valence-corrected chi connectivity index (χ0v) is 15.5. The first-order valence-electron chi connectivity index (χ1n) is 7.77. The number of nitrogens with zero attached hydrogens (tertiary/aromatic N) is 1. The van der Waals surface area contributed by atoms with Crippen molar-refractivity contribution in [1.82, 2.24) is 4.72 Å². The molecule has 0 aliphatic heterocycles. The molecule has 0 aromatic heterocycles. The number of methoxy groups -OCH3 is 1. The van der Waals surface area contributed by atoms with Gasteiger partial charge in [0.1, 0.15) is 0 Å². The maximum Gasteiger partial charge on any atom is 0.335 e. The van der Waals surface area contributed by atoms with Crippen LogP contribution in [0.1, 0.15) is 17.2 Å². The van der Waals surface area contributed by atoms with Crippen LogP contribution in [-0.4, -0.2) is 26.4 Å². The number of hydrogen-bond acceptors (Lipinski definition) is 6. The number of nitro groups is 1. The standard InChI is InChI=1S/C18H18N2O6S/c1-12-8-10-14(11-9-12)27(24,25)19-17(13(2)18(21)26-3)15-6-4-5-7-16(15)20(22)23/h4-11,17,19H,2H2,1,3H3. The Kier molecular flexibility index (Phi) is 6.09. The topological polar surface area (TPSA) is 116 Å². The average molecular weight is 390 g/mol. The van der Waals surface area contributed by atoms with E-state index in [-0.39, 0.29) is 21.7 Å². The summed E-state index contributed by atoms with van der Waals surface area (Å²) in [6, 6.07) is 10.2. The molecular weight excluding hydrogens is 372 g/mol. The van der Waals surface area contributed by atoms with Crippen molar-refractivity contribution in [2.45, 2.75) is 17.9 Å². The van der Waals surface area contributed by atoms with Gasteiger partial charge in [0.05, 0.1) is 34.1 Å². The molecule has 1 atom stereocenters. The van der Waals surface area contributed by atoms with Gasteiger partial charge in [-0.3, -0.25) is 10.1 Å². The largest absolute Gasteiger partial charge is 0.466 e. The molecule has 142 valence electrons. The molecule has 2 aromatic carbocycles. The van der Waals surface area contributed by atoms with Gasteiger partial charge in [-0.25, -0.2) is 13.2 Å². The molecule has 2 aromatic rings. The fraction of sp³-hybridized carbons (Fsp3) is 0.167. The first-order chi connectivity index (χ1) is 12.7. The van der Waals surface area contributed by atoms with Crippen LogP contribution in [0.2, 0.25) is 0 Å². The molecule has 9 heteroatoms. The lowest BCUT2D eigenvalue weighted by atomic mass is 9.99. The van der Waals surface area contributed by atoms with Gasteiger partial charge >= 0.3 is 5.97 Å². The van der Waals surface area contributed by atoms with Crippen LogP contribution in [0, 0.1) is 17.0 Å². The second-order valence-corrected chi connectivity index (χ2v) is 7.41.